The third kappa shape index (κ3) is 2.64. The molecule has 1 saturated heterocycles. The van der Waals surface area contributed by atoms with Gasteiger partial charge in [-0.2, -0.15) is 0 Å². The van der Waals surface area contributed by atoms with E-state index in [1.807, 2.05) is 0 Å². The van der Waals surface area contributed by atoms with E-state index in [-0.39, 0.29) is 11.6 Å². The van der Waals surface area contributed by atoms with Gasteiger partial charge < -0.3 is 10.1 Å². The van der Waals surface area contributed by atoms with E-state index in [2.05, 4.69) is 5.32 Å². The molecule has 18 heavy (non-hydrogen) atoms. The van der Waals surface area contributed by atoms with Crippen molar-refractivity contribution in [3.05, 3.63) is 29.6 Å². The molecule has 0 radical (unpaired) electrons. The van der Waals surface area contributed by atoms with Crippen molar-refractivity contribution in [1.82, 2.24) is 0 Å². The van der Waals surface area contributed by atoms with E-state index in [0.717, 1.165) is 12.1 Å². The van der Waals surface area contributed by atoms with Crippen LogP contribution in [0.3, 0.4) is 0 Å². The Bertz CT molecular complexity index is 459. The molecule has 1 N–H and O–H groups in total. The molecule has 6 heteroatoms. The molecule has 1 heterocycles. The summed E-state index contributed by atoms with van der Waals surface area (Å²) < 4.78 is 44.1. The van der Waals surface area contributed by atoms with Gasteiger partial charge in [-0.05, 0) is 25.0 Å². The fourth-order valence-electron chi connectivity index (χ4n) is 1.82. The fraction of sp³-hybridized carbons (Fsp3) is 0.417. The zero-order valence-corrected chi connectivity index (χ0v) is 9.51. The summed E-state index contributed by atoms with van der Waals surface area (Å²) in [5.41, 5.74) is -0.342. The van der Waals surface area contributed by atoms with Gasteiger partial charge in [0.2, 0.25) is 5.91 Å². The molecule has 3 nitrogen and oxygen atoms in total. The van der Waals surface area contributed by atoms with Gasteiger partial charge in [-0.25, -0.2) is 13.2 Å². The number of hydrogen-bond acceptors (Lipinski definition) is 2. The van der Waals surface area contributed by atoms with Crippen LogP contribution in [-0.2, 0) is 9.53 Å². The summed E-state index contributed by atoms with van der Waals surface area (Å²) in [6.45, 7) is 0.941. The minimum Gasteiger partial charge on any atom is -0.381 e. The number of benzene rings is 1. The Labute approximate surface area is 102 Å². The van der Waals surface area contributed by atoms with E-state index < -0.39 is 23.4 Å². The van der Waals surface area contributed by atoms with Crippen LogP contribution in [0.25, 0.3) is 0 Å². The van der Waals surface area contributed by atoms with Crippen LogP contribution in [0.5, 0.6) is 0 Å². The number of carbonyl (C=O) groups excluding carboxylic acids is 1. The van der Waals surface area contributed by atoms with Crippen LogP contribution in [0.2, 0.25) is 0 Å². The maximum absolute atomic E-state index is 13.3. The maximum Gasteiger partial charge on any atom is 0.227 e. The van der Waals surface area contributed by atoms with Gasteiger partial charge >= 0.3 is 0 Å². The number of halogens is 3. The Morgan fingerprint density at radius 2 is 1.83 bits per heavy atom. The predicted molar refractivity (Wildman–Crippen MR) is 58.5 cm³/mol. The average Bonchev–Trinajstić information content (AvgIpc) is 2.40. The number of anilines is 1. The van der Waals surface area contributed by atoms with Crippen LogP contribution in [0, 0.1) is 23.4 Å². The van der Waals surface area contributed by atoms with Crippen molar-refractivity contribution < 1.29 is 22.7 Å². The molecule has 0 aromatic heterocycles. The highest BCUT2D eigenvalue weighted by Gasteiger charge is 2.23. The summed E-state index contributed by atoms with van der Waals surface area (Å²) in [5.74, 6) is -4.93. The second-order valence-corrected chi connectivity index (χ2v) is 4.10. The van der Waals surface area contributed by atoms with Gasteiger partial charge in [0, 0.05) is 19.1 Å². The number of rotatable bonds is 2. The van der Waals surface area contributed by atoms with Crippen LogP contribution in [0.1, 0.15) is 12.8 Å². The minimum atomic E-state index is -1.58. The number of carbonyl (C=O) groups is 1. The molecule has 0 unspecified atom stereocenters. The SMILES string of the molecule is O=C(Nc1ccc(F)c(F)c1F)C1CCOCC1. The zero-order valence-electron chi connectivity index (χ0n) is 9.51. The van der Waals surface area contributed by atoms with Crippen molar-refractivity contribution in [3.63, 3.8) is 0 Å². The lowest BCUT2D eigenvalue weighted by molar-refractivity contribution is -0.122. The minimum absolute atomic E-state index is 0.286. The van der Waals surface area contributed by atoms with Crippen LogP contribution in [0.15, 0.2) is 12.1 Å². The highest BCUT2D eigenvalue weighted by Crippen LogP contribution is 2.22. The molecular weight excluding hydrogens is 247 g/mol. The monoisotopic (exact) mass is 259 g/mol. The largest absolute Gasteiger partial charge is 0.381 e. The maximum atomic E-state index is 13.3. The second-order valence-electron chi connectivity index (χ2n) is 4.10. The molecule has 98 valence electrons. The van der Waals surface area contributed by atoms with E-state index >= 15 is 0 Å². The van der Waals surface area contributed by atoms with Gasteiger partial charge in [-0.3, -0.25) is 4.79 Å². The third-order valence-electron chi connectivity index (χ3n) is 2.89. The molecule has 1 aromatic rings. The molecular formula is C12H12F3NO2. The topological polar surface area (TPSA) is 38.3 Å². The first kappa shape index (κ1) is 12.9. The number of hydrogen-bond donors (Lipinski definition) is 1. The lowest BCUT2D eigenvalue weighted by atomic mass is 9.99. The molecule has 0 bridgehead atoms. The van der Waals surface area contributed by atoms with Crippen LogP contribution < -0.4 is 5.32 Å². The van der Waals surface area contributed by atoms with Gasteiger partial charge in [0.15, 0.2) is 17.5 Å². The Kier molecular flexibility index (Phi) is 3.86. The first-order valence-electron chi connectivity index (χ1n) is 5.61. The van der Waals surface area contributed by atoms with Gasteiger partial charge in [-0.1, -0.05) is 0 Å². The lowest BCUT2D eigenvalue weighted by Crippen LogP contribution is -2.29. The molecule has 1 fully saturated rings. The molecule has 2 rings (SSSR count). The highest BCUT2D eigenvalue weighted by atomic mass is 19.2. The highest BCUT2D eigenvalue weighted by molar-refractivity contribution is 5.92. The van der Waals surface area contributed by atoms with Crippen molar-refractivity contribution >= 4 is 11.6 Å². The van der Waals surface area contributed by atoms with Gasteiger partial charge in [0.05, 0.1) is 5.69 Å². The Balaban J connectivity index is 2.09. The molecule has 0 aliphatic carbocycles. The summed E-state index contributed by atoms with van der Waals surface area (Å²) in [6.07, 6.45) is 1.08. The van der Waals surface area contributed by atoms with Crippen LogP contribution in [-0.4, -0.2) is 19.1 Å². The van der Waals surface area contributed by atoms with Crippen molar-refractivity contribution in [2.45, 2.75) is 12.8 Å². The number of nitrogens with one attached hydrogen (secondary N) is 1. The Morgan fingerprint density at radius 1 is 1.17 bits per heavy atom. The molecule has 1 aliphatic heterocycles. The molecule has 0 spiro atoms. The number of amides is 1. The molecule has 1 aromatic carbocycles. The molecule has 1 aliphatic rings. The number of ether oxygens (including phenoxy) is 1. The predicted octanol–water partition coefficient (Wildman–Crippen LogP) is 2.47. The fourth-order valence-corrected chi connectivity index (χ4v) is 1.82. The average molecular weight is 259 g/mol. The normalized spacial score (nSPS) is 16.6. The van der Waals surface area contributed by atoms with E-state index in [4.69, 9.17) is 4.74 Å². The summed E-state index contributed by atoms with van der Waals surface area (Å²) in [4.78, 5) is 11.8. The van der Waals surface area contributed by atoms with Gasteiger partial charge in [0.25, 0.3) is 0 Å². The van der Waals surface area contributed by atoms with E-state index in [9.17, 15) is 18.0 Å². The molecule has 1 amide bonds. The molecule has 0 atom stereocenters. The van der Waals surface area contributed by atoms with Crippen LogP contribution in [0.4, 0.5) is 18.9 Å². The zero-order chi connectivity index (χ0) is 13.1. The van der Waals surface area contributed by atoms with Gasteiger partial charge in [0.1, 0.15) is 0 Å². The van der Waals surface area contributed by atoms with Crippen molar-refractivity contribution in [3.8, 4) is 0 Å². The smallest absolute Gasteiger partial charge is 0.227 e. The summed E-state index contributed by atoms with van der Waals surface area (Å²) in [7, 11) is 0. The van der Waals surface area contributed by atoms with E-state index in [1.54, 1.807) is 0 Å². The Hall–Kier alpha value is -1.56. The first-order valence-corrected chi connectivity index (χ1v) is 5.61. The lowest BCUT2D eigenvalue weighted by Gasteiger charge is -2.21. The second kappa shape index (κ2) is 5.39. The van der Waals surface area contributed by atoms with E-state index in [1.165, 1.54) is 0 Å². The van der Waals surface area contributed by atoms with Crippen molar-refractivity contribution in [2.75, 3.05) is 18.5 Å². The molecule has 0 saturated carbocycles. The Morgan fingerprint density at radius 3 is 2.50 bits per heavy atom. The third-order valence-corrected chi connectivity index (χ3v) is 2.89. The first-order chi connectivity index (χ1) is 8.59. The summed E-state index contributed by atoms with van der Waals surface area (Å²) in [6, 6.07) is 1.78. The summed E-state index contributed by atoms with van der Waals surface area (Å²) >= 11 is 0. The quantitative estimate of drug-likeness (QED) is 0.828. The standard InChI is InChI=1S/C12H12F3NO2/c13-8-1-2-9(11(15)10(8)14)16-12(17)7-3-5-18-6-4-7/h1-2,7H,3-6H2,(H,16,17). The van der Waals surface area contributed by atoms with Crippen molar-refractivity contribution in [1.29, 1.82) is 0 Å². The van der Waals surface area contributed by atoms with E-state index in [0.29, 0.717) is 26.1 Å². The van der Waals surface area contributed by atoms with Crippen molar-refractivity contribution in [2.24, 2.45) is 5.92 Å². The summed E-state index contributed by atoms with van der Waals surface area (Å²) in [5, 5.41) is 2.27. The van der Waals surface area contributed by atoms with Crippen LogP contribution >= 0.6 is 0 Å². The van der Waals surface area contributed by atoms with Gasteiger partial charge in [-0.15, -0.1) is 0 Å².